The molecule has 0 radical (unpaired) electrons. The molecule has 0 aliphatic carbocycles. The van der Waals surface area contributed by atoms with Gasteiger partial charge in [-0.3, -0.25) is 0 Å². The minimum atomic E-state index is -4.66. The fourth-order valence-electron chi connectivity index (χ4n) is 2.18. The number of carbonyl (C=O) groups excluding carboxylic acids is 1. The number of alkyl halides is 2. The van der Waals surface area contributed by atoms with E-state index in [1.54, 1.807) is 31.3 Å². The fraction of sp³-hybridized carbons (Fsp3) is 0.235. The summed E-state index contributed by atoms with van der Waals surface area (Å²) in [6, 6.07) is 11.0. The second-order valence-corrected chi connectivity index (χ2v) is 7.95. The lowest BCUT2D eigenvalue weighted by molar-refractivity contribution is 0.208. The maximum Gasteiger partial charge on any atom is 0.341 e. The molecular weight excluding hydrogens is 386 g/mol. The number of nitrogens with one attached hydrogen (secondary N) is 1. The van der Waals surface area contributed by atoms with Gasteiger partial charge in [0.2, 0.25) is 9.84 Å². The summed E-state index contributed by atoms with van der Waals surface area (Å²) in [6.07, 6.45) is 0. The van der Waals surface area contributed by atoms with E-state index in [4.69, 9.17) is 11.6 Å². The summed E-state index contributed by atoms with van der Waals surface area (Å²) in [5.41, 5.74) is 1.17. The van der Waals surface area contributed by atoms with Gasteiger partial charge in [-0.2, -0.15) is 8.78 Å². The van der Waals surface area contributed by atoms with Crippen LogP contribution in [0.25, 0.3) is 0 Å². The van der Waals surface area contributed by atoms with Crippen LogP contribution in [0, 0.1) is 0 Å². The molecule has 0 aromatic heterocycles. The van der Waals surface area contributed by atoms with Crippen molar-refractivity contribution in [1.29, 1.82) is 0 Å². The summed E-state index contributed by atoms with van der Waals surface area (Å²) in [4.78, 5) is 13.3. The average molecular weight is 403 g/mol. The van der Waals surface area contributed by atoms with Crippen LogP contribution in [0.3, 0.4) is 0 Å². The number of rotatable bonds is 5. The predicted octanol–water partition coefficient (Wildman–Crippen LogP) is 4.56. The van der Waals surface area contributed by atoms with Crippen LogP contribution >= 0.6 is 11.6 Å². The van der Waals surface area contributed by atoms with Crippen LogP contribution in [0.4, 0.5) is 19.3 Å². The predicted molar refractivity (Wildman–Crippen MR) is 96.3 cm³/mol. The molecule has 140 valence electrons. The van der Waals surface area contributed by atoms with Gasteiger partial charge in [0, 0.05) is 17.8 Å². The Labute approximate surface area is 155 Å². The number of hydrogen-bond donors (Lipinski definition) is 1. The quantitative estimate of drug-likeness (QED) is 0.797. The van der Waals surface area contributed by atoms with Gasteiger partial charge in [-0.15, -0.1) is 0 Å². The molecule has 0 aliphatic rings. The number of amides is 2. The van der Waals surface area contributed by atoms with Gasteiger partial charge in [-0.05, 0) is 48.9 Å². The van der Waals surface area contributed by atoms with Crippen molar-refractivity contribution in [3.63, 3.8) is 0 Å². The minimum absolute atomic E-state index is 0.245. The molecule has 0 saturated carbocycles. The van der Waals surface area contributed by atoms with Crippen LogP contribution in [0.2, 0.25) is 5.02 Å². The molecule has 0 spiro atoms. The van der Waals surface area contributed by atoms with E-state index >= 15 is 0 Å². The van der Waals surface area contributed by atoms with Crippen molar-refractivity contribution in [2.75, 3.05) is 12.4 Å². The molecule has 1 atom stereocenters. The highest BCUT2D eigenvalue weighted by Crippen LogP contribution is 2.23. The summed E-state index contributed by atoms with van der Waals surface area (Å²) in [6.45, 7) is 1.83. The summed E-state index contributed by atoms with van der Waals surface area (Å²) in [5, 5.41) is 3.18. The summed E-state index contributed by atoms with van der Waals surface area (Å²) in [7, 11) is -3.06. The SMILES string of the molecule is C[C@H](c1ccc(Cl)cc1)N(C)C(=O)Nc1ccc(S(=O)(=O)C(F)F)cc1. The highest BCUT2D eigenvalue weighted by Gasteiger charge is 2.26. The molecule has 0 bridgehead atoms. The molecule has 26 heavy (non-hydrogen) atoms. The number of anilines is 1. The van der Waals surface area contributed by atoms with Crippen LogP contribution in [0.15, 0.2) is 53.4 Å². The fourth-order valence-corrected chi connectivity index (χ4v) is 3.03. The summed E-state index contributed by atoms with van der Waals surface area (Å²) < 4.78 is 47.8. The van der Waals surface area contributed by atoms with Crippen molar-refractivity contribution >= 4 is 33.2 Å². The Kier molecular flexibility index (Phi) is 6.20. The first-order chi connectivity index (χ1) is 12.1. The Hall–Kier alpha value is -2.19. The zero-order valence-electron chi connectivity index (χ0n) is 14.0. The second-order valence-electron chi connectivity index (χ2n) is 5.60. The Balaban J connectivity index is 2.08. The van der Waals surface area contributed by atoms with Crippen LogP contribution < -0.4 is 5.32 Å². The molecule has 2 amide bonds. The third-order valence-electron chi connectivity index (χ3n) is 3.92. The van der Waals surface area contributed by atoms with Crippen LogP contribution in [-0.2, 0) is 9.84 Å². The topological polar surface area (TPSA) is 66.5 Å². The molecule has 0 fully saturated rings. The smallest absolute Gasteiger partial charge is 0.321 e. The van der Waals surface area contributed by atoms with Gasteiger partial charge in [0.15, 0.2) is 0 Å². The zero-order valence-corrected chi connectivity index (χ0v) is 15.6. The number of urea groups is 1. The Morgan fingerprint density at radius 2 is 1.62 bits per heavy atom. The highest BCUT2D eigenvalue weighted by molar-refractivity contribution is 7.91. The first-order valence-electron chi connectivity index (χ1n) is 7.54. The number of carbonyl (C=O) groups is 1. The largest absolute Gasteiger partial charge is 0.341 e. The van der Waals surface area contributed by atoms with E-state index in [1.165, 1.54) is 17.0 Å². The minimum Gasteiger partial charge on any atom is -0.321 e. The molecule has 5 nitrogen and oxygen atoms in total. The lowest BCUT2D eigenvalue weighted by Crippen LogP contribution is -2.33. The number of halogens is 3. The maximum atomic E-state index is 12.5. The standard InChI is InChI=1S/C17H17ClF2N2O3S/c1-11(12-3-5-13(18)6-4-12)22(2)17(23)21-14-7-9-15(10-8-14)26(24,25)16(19)20/h3-11,16H,1-2H3,(H,21,23)/t11-/m1/s1. The third-order valence-corrected chi connectivity index (χ3v) is 5.57. The monoisotopic (exact) mass is 402 g/mol. The van der Waals surface area contributed by atoms with Gasteiger partial charge >= 0.3 is 11.8 Å². The van der Waals surface area contributed by atoms with Gasteiger partial charge in [0.25, 0.3) is 0 Å². The highest BCUT2D eigenvalue weighted by atomic mass is 35.5. The van der Waals surface area contributed by atoms with E-state index in [9.17, 15) is 22.0 Å². The molecule has 9 heteroatoms. The van der Waals surface area contributed by atoms with Crippen molar-refractivity contribution in [1.82, 2.24) is 4.90 Å². The first-order valence-corrected chi connectivity index (χ1v) is 9.46. The normalized spacial score (nSPS) is 12.7. The van der Waals surface area contributed by atoms with E-state index < -0.39 is 26.5 Å². The van der Waals surface area contributed by atoms with Gasteiger partial charge in [-0.25, -0.2) is 13.2 Å². The molecule has 2 aromatic carbocycles. The second kappa shape index (κ2) is 8.01. The summed E-state index contributed by atoms with van der Waals surface area (Å²) in [5.74, 6) is -3.49. The molecule has 0 saturated heterocycles. The van der Waals surface area contributed by atoms with Crippen molar-refractivity contribution in [2.45, 2.75) is 23.6 Å². The van der Waals surface area contributed by atoms with Gasteiger partial charge in [0.1, 0.15) is 0 Å². The molecule has 0 heterocycles. The molecule has 2 rings (SSSR count). The van der Waals surface area contributed by atoms with E-state index in [0.29, 0.717) is 10.7 Å². The van der Waals surface area contributed by atoms with E-state index in [-0.39, 0.29) is 6.04 Å². The van der Waals surface area contributed by atoms with E-state index in [1.807, 2.05) is 6.92 Å². The third kappa shape index (κ3) is 4.50. The number of sulfone groups is 1. The Morgan fingerprint density at radius 1 is 1.08 bits per heavy atom. The zero-order chi connectivity index (χ0) is 19.5. The lowest BCUT2D eigenvalue weighted by atomic mass is 10.1. The van der Waals surface area contributed by atoms with Crippen molar-refractivity contribution < 1.29 is 22.0 Å². The van der Waals surface area contributed by atoms with Crippen molar-refractivity contribution in [3.05, 3.63) is 59.1 Å². The van der Waals surface area contributed by atoms with Crippen LogP contribution in [-0.4, -0.2) is 32.2 Å². The molecular formula is C17H17ClF2N2O3S. The molecule has 0 unspecified atom stereocenters. The Morgan fingerprint density at radius 3 is 2.12 bits per heavy atom. The number of nitrogens with zero attached hydrogens (tertiary/aromatic N) is 1. The first kappa shape index (κ1) is 20.1. The lowest BCUT2D eigenvalue weighted by Gasteiger charge is -2.25. The molecule has 2 aromatic rings. The number of hydrogen-bond acceptors (Lipinski definition) is 3. The van der Waals surface area contributed by atoms with Crippen molar-refractivity contribution in [3.8, 4) is 0 Å². The number of benzene rings is 2. The van der Waals surface area contributed by atoms with Gasteiger partial charge in [0.05, 0.1) is 10.9 Å². The van der Waals surface area contributed by atoms with Crippen molar-refractivity contribution in [2.24, 2.45) is 0 Å². The van der Waals surface area contributed by atoms with E-state index in [0.717, 1.165) is 17.7 Å². The average Bonchev–Trinajstić information content (AvgIpc) is 2.61. The Bertz CT molecular complexity index is 872. The molecule has 0 aliphatic heterocycles. The molecule has 1 N–H and O–H groups in total. The maximum absolute atomic E-state index is 12.5. The summed E-state index contributed by atoms with van der Waals surface area (Å²) >= 11 is 5.85. The van der Waals surface area contributed by atoms with Crippen LogP contribution in [0.1, 0.15) is 18.5 Å². The van der Waals surface area contributed by atoms with Gasteiger partial charge < -0.3 is 10.2 Å². The van der Waals surface area contributed by atoms with Gasteiger partial charge in [-0.1, -0.05) is 23.7 Å². The van der Waals surface area contributed by atoms with E-state index in [2.05, 4.69) is 5.32 Å². The van der Waals surface area contributed by atoms with Crippen LogP contribution in [0.5, 0.6) is 0 Å².